The van der Waals surface area contributed by atoms with Crippen LogP contribution < -0.4 is 4.89 Å². The fraction of sp³-hybridized carbons (Fsp3) is 0.761. The number of hydrogen-bond acceptors (Lipinski definition) is 8. The molecule has 0 aromatic heterocycles. The van der Waals surface area contributed by atoms with Crippen molar-refractivity contribution in [3.05, 3.63) is 85.1 Å². The number of phosphoric ester groups is 1. The molecule has 0 saturated heterocycles. The predicted molar refractivity (Wildman–Crippen MR) is 328 cm³/mol. The van der Waals surface area contributed by atoms with E-state index >= 15 is 0 Å². The Bertz CT molecular complexity index is 1580. The van der Waals surface area contributed by atoms with Crippen molar-refractivity contribution in [1.82, 2.24) is 0 Å². The first-order chi connectivity index (χ1) is 37.5. The average Bonchev–Trinajstić information content (AvgIpc) is 3.39. The molecule has 0 aromatic rings. The Labute approximate surface area is 475 Å². The molecule has 0 aliphatic heterocycles. The average molecular weight is 1100 g/mol. The number of likely N-dealkylation sites (N-methyl/N-ethyl adjacent to an activating group) is 1. The van der Waals surface area contributed by atoms with Gasteiger partial charge in [-0.3, -0.25) is 14.2 Å². The number of carbonyl (C=O) groups excluding carboxylic acids is 2. The molecule has 10 heteroatoms. The highest BCUT2D eigenvalue weighted by Crippen LogP contribution is 2.38. The third-order valence-electron chi connectivity index (χ3n) is 13.6. The van der Waals surface area contributed by atoms with Crippen LogP contribution in [0.5, 0.6) is 0 Å². The summed E-state index contributed by atoms with van der Waals surface area (Å²) in [6.45, 7) is 4.12. The third kappa shape index (κ3) is 62.3. The van der Waals surface area contributed by atoms with Crippen LogP contribution in [0.3, 0.4) is 0 Å². The quantitative estimate of drug-likeness (QED) is 0.0195. The molecular formula is C67H120NO8P. The lowest BCUT2D eigenvalue weighted by atomic mass is 10.0. The van der Waals surface area contributed by atoms with Crippen molar-refractivity contribution in [3.8, 4) is 0 Å². The highest BCUT2D eigenvalue weighted by atomic mass is 31.2. The van der Waals surface area contributed by atoms with Gasteiger partial charge in [-0.2, -0.15) is 0 Å². The maximum atomic E-state index is 12.8. The van der Waals surface area contributed by atoms with Crippen LogP contribution in [-0.4, -0.2) is 70.0 Å². The van der Waals surface area contributed by atoms with E-state index in [0.29, 0.717) is 17.4 Å². The smallest absolute Gasteiger partial charge is 0.306 e. The van der Waals surface area contributed by atoms with E-state index in [4.69, 9.17) is 18.5 Å². The van der Waals surface area contributed by atoms with Gasteiger partial charge in [-0.05, 0) is 89.9 Å². The number of hydrogen-bond donors (Lipinski definition) is 0. The van der Waals surface area contributed by atoms with Crippen LogP contribution in [0, 0.1) is 0 Å². The second-order valence-electron chi connectivity index (χ2n) is 22.4. The Morgan fingerprint density at radius 1 is 0.416 bits per heavy atom. The van der Waals surface area contributed by atoms with Crippen molar-refractivity contribution in [3.63, 3.8) is 0 Å². The molecule has 0 amide bonds. The summed E-state index contributed by atoms with van der Waals surface area (Å²) in [5, 5.41) is 0. The summed E-state index contributed by atoms with van der Waals surface area (Å²) in [5.41, 5.74) is 0. The van der Waals surface area contributed by atoms with Crippen LogP contribution >= 0.6 is 7.82 Å². The number of esters is 2. The van der Waals surface area contributed by atoms with Crippen molar-refractivity contribution in [2.24, 2.45) is 0 Å². The topological polar surface area (TPSA) is 111 Å². The maximum absolute atomic E-state index is 12.8. The molecule has 0 aliphatic rings. The molecule has 2 unspecified atom stereocenters. The zero-order valence-corrected chi connectivity index (χ0v) is 51.5. The van der Waals surface area contributed by atoms with E-state index in [1.165, 1.54) is 148 Å². The second kappa shape index (κ2) is 57.9. The van der Waals surface area contributed by atoms with E-state index in [1.54, 1.807) is 0 Å². The Kier molecular flexibility index (Phi) is 55.8. The van der Waals surface area contributed by atoms with Crippen LogP contribution in [0.25, 0.3) is 0 Å². The van der Waals surface area contributed by atoms with Gasteiger partial charge < -0.3 is 27.9 Å². The van der Waals surface area contributed by atoms with E-state index in [2.05, 4.69) is 98.9 Å². The van der Waals surface area contributed by atoms with E-state index in [0.717, 1.165) is 96.3 Å². The van der Waals surface area contributed by atoms with Gasteiger partial charge in [-0.15, -0.1) is 0 Å². The lowest BCUT2D eigenvalue weighted by Gasteiger charge is -2.28. The van der Waals surface area contributed by atoms with Crippen molar-refractivity contribution < 1.29 is 42.1 Å². The van der Waals surface area contributed by atoms with Crippen LogP contribution in [0.2, 0.25) is 0 Å². The third-order valence-corrected chi connectivity index (χ3v) is 14.6. The van der Waals surface area contributed by atoms with Gasteiger partial charge in [0, 0.05) is 12.8 Å². The molecule has 0 rings (SSSR count). The summed E-state index contributed by atoms with van der Waals surface area (Å²) in [6, 6.07) is 0. The van der Waals surface area contributed by atoms with E-state index in [1.807, 2.05) is 21.1 Å². The Balaban J connectivity index is 3.95. The van der Waals surface area contributed by atoms with Gasteiger partial charge in [-0.25, -0.2) is 0 Å². The van der Waals surface area contributed by atoms with Crippen LogP contribution in [0.1, 0.15) is 277 Å². The number of phosphoric acid groups is 1. The first-order valence-electron chi connectivity index (χ1n) is 31.8. The van der Waals surface area contributed by atoms with Crippen molar-refractivity contribution in [2.75, 3.05) is 47.5 Å². The molecule has 0 aliphatic carbocycles. The number of nitrogens with zero attached hydrogens (tertiary/aromatic N) is 1. The molecule has 0 aromatic carbocycles. The summed E-state index contributed by atoms with van der Waals surface area (Å²) >= 11 is 0. The minimum absolute atomic E-state index is 0.0325. The number of unbranched alkanes of at least 4 members (excludes halogenated alkanes) is 30. The van der Waals surface area contributed by atoms with Crippen molar-refractivity contribution in [1.29, 1.82) is 0 Å². The fourth-order valence-electron chi connectivity index (χ4n) is 8.77. The van der Waals surface area contributed by atoms with Gasteiger partial charge in [-0.1, -0.05) is 259 Å². The molecular weight excluding hydrogens is 978 g/mol. The van der Waals surface area contributed by atoms with Gasteiger partial charge in [0.15, 0.2) is 6.10 Å². The van der Waals surface area contributed by atoms with Crippen LogP contribution in [0.4, 0.5) is 0 Å². The van der Waals surface area contributed by atoms with E-state index in [-0.39, 0.29) is 32.0 Å². The van der Waals surface area contributed by atoms with Gasteiger partial charge in [0.25, 0.3) is 7.82 Å². The van der Waals surface area contributed by atoms with Gasteiger partial charge >= 0.3 is 11.9 Å². The standard InChI is InChI=1S/C67H120NO8P/c1-6-8-10-12-14-16-18-20-22-23-24-25-26-27-28-29-30-31-32-33-34-35-36-37-38-39-40-41-42-43-44-45-46-48-50-52-54-56-58-60-67(70)76-65(64-75-77(71,72)74-62-61-68(3,4)5)63-73-66(69)59-57-55-53-51-49-47-21-19-17-15-13-11-9-7-2/h8,10,14,16,19-22,24-25,27-28,30-31,65H,6-7,9,11-13,15,17-18,23,26,29,32-64H2,1-5H3/b10-8-,16-14-,21-19-,22-20-,25-24-,28-27-,31-30-. The predicted octanol–water partition coefficient (Wildman–Crippen LogP) is 19.6. The fourth-order valence-corrected chi connectivity index (χ4v) is 9.50. The molecule has 0 spiro atoms. The molecule has 0 bridgehead atoms. The molecule has 0 fully saturated rings. The zero-order valence-electron chi connectivity index (χ0n) is 50.6. The monoisotopic (exact) mass is 1100 g/mol. The van der Waals surface area contributed by atoms with E-state index in [9.17, 15) is 19.0 Å². The zero-order chi connectivity index (χ0) is 56.3. The highest BCUT2D eigenvalue weighted by Gasteiger charge is 2.22. The normalized spacial score (nSPS) is 13.8. The molecule has 0 heterocycles. The summed E-state index contributed by atoms with van der Waals surface area (Å²) in [5.74, 6) is -0.836. The minimum Gasteiger partial charge on any atom is -0.756 e. The number of rotatable bonds is 58. The Morgan fingerprint density at radius 3 is 1.12 bits per heavy atom. The number of quaternary nitrogens is 1. The Morgan fingerprint density at radius 2 is 0.740 bits per heavy atom. The second-order valence-corrected chi connectivity index (χ2v) is 23.8. The summed E-state index contributed by atoms with van der Waals surface area (Å²) in [4.78, 5) is 37.8. The first-order valence-corrected chi connectivity index (χ1v) is 33.3. The van der Waals surface area contributed by atoms with Gasteiger partial charge in [0.2, 0.25) is 0 Å². The largest absolute Gasteiger partial charge is 0.756 e. The highest BCUT2D eigenvalue weighted by molar-refractivity contribution is 7.45. The van der Waals surface area contributed by atoms with Gasteiger partial charge in [0.1, 0.15) is 19.8 Å². The lowest BCUT2D eigenvalue weighted by Crippen LogP contribution is -2.37. The lowest BCUT2D eigenvalue weighted by molar-refractivity contribution is -0.870. The maximum Gasteiger partial charge on any atom is 0.306 e. The van der Waals surface area contributed by atoms with E-state index < -0.39 is 26.5 Å². The number of ether oxygens (including phenoxy) is 2. The molecule has 0 saturated carbocycles. The van der Waals surface area contributed by atoms with Crippen LogP contribution in [-0.2, 0) is 32.7 Å². The number of allylic oxidation sites excluding steroid dienone is 14. The molecule has 446 valence electrons. The first kappa shape index (κ1) is 74.2. The molecule has 0 N–H and O–H groups in total. The molecule has 2 atom stereocenters. The van der Waals surface area contributed by atoms with Crippen LogP contribution in [0.15, 0.2) is 85.1 Å². The molecule has 0 radical (unpaired) electrons. The molecule has 77 heavy (non-hydrogen) atoms. The van der Waals surface area contributed by atoms with Crippen molar-refractivity contribution in [2.45, 2.75) is 283 Å². The summed E-state index contributed by atoms with van der Waals surface area (Å²) in [6.07, 6.45) is 78.0. The number of carbonyl (C=O) groups is 2. The van der Waals surface area contributed by atoms with Crippen molar-refractivity contribution >= 4 is 19.8 Å². The molecule has 9 nitrogen and oxygen atoms in total. The Hall–Kier alpha value is -2.81. The summed E-state index contributed by atoms with van der Waals surface area (Å²) in [7, 11) is 1.17. The van der Waals surface area contributed by atoms with Gasteiger partial charge in [0.05, 0.1) is 27.7 Å². The minimum atomic E-state index is -4.64. The SMILES string of the molecule is CC/C=C\C/C=C\C/C=C\C/C=C\C/C=C\C/C=C\CCCCCCCCCCCCCCCCCCCCCCC(=O)OC(COC(=O)CCCCCCC/C=C\CCCCCCC)COP(=O)([O-])OCC[N+](C)(C)C. The summed E-state index contributed by atoms with van der Waals surface area (Å²) < 4.78 is 34.1.